The summed E-state index contributed by atoms with van der Waals surface area (Å²) in [5, 5.41) is 4.92. The molecule has 66 heavy (non-hydrogen) atoms. The van der Waals surface area contributed by atoms with Crippen molar-refractivity contribution in [2.24, 2.45) is 5.92 Å². The van der Waals surface area contributed by atoms with Gasteiger partial charge in [-0.1, -0.05) is 172 Å². The molecule has 314 valence electrons. The Morgan fingerprint density at radius 2 is 1.08 bits per heavy atom. The fourth-order valence-corrected chi connectivity index (χ4v) is 10.9. The topological polar surface area (TPSA) is 35.6 Å². The summed E-state index contributed by atoms with van der Waals surface area (Å²) in [5.74, 6) is 1.48. The summed E-state index contributed by atoms with van der Waals surface area (Å²) in [6, 6.07) is 66.1. The van der Waals surface area contributed by atoms with Crippen molar-refractivity contribution in [2.75, 3.05) is 0 Å². The van der Waals surface area contributed by atoms with E-state index in [9.17, 15) is 0 Å². The van der Waals surface area contributed by atoms with Crippen molar-refractivity contribution >= 4 is 55.8 Å². The maximum atomic E-state index is 5.49. The Labute approximate surface area is 384 Å². The molecule has 11 aromatic rings. The monoisotopic (exact) mass is 846 g/mol. The number of hydrogen-bond acceptors (Lipinski definition) is 2. The summed E-state index contributed by atoms with van der Waals surface area (Å²) >= 11 is 0. The van der Waals surface area contributed by atoms with Gasteiger partial charge in [0.15, 0.2) is 0 Å². The first-order valence-electron chi connectivity index (χ1n) is 23.3. The minimum atomic E-state index is 0.287. The van der Waals surface area contributed by atoms with Gasteiger partial charge in [0, 0.05) is 50.0 Å². The minimum Gasteiger partial charge on any atom is -0.309 e. The van der Waals surface area contributed by atoms with E-state index in [0.29, 0.717) is 11.9 Å². The Balaban J connectivity index is 0.936. The molecule has 0 spiro atoms. The van der Waals surface area contributed by atoms with E-state index in [1.807, 2.05) is 0 Å². The highest BCUT2D eigenvalue weighted by Crippen LogP contribution is 2.44. The molecule has 0 N–H and O–H groups in total. The van der Waals surface area contributed by atoms with E-state index in [1.54, 1.807) is 0 Å². The van der Waals surface area contributed by atoms with E-state index in [-0.39, 0.29) is 5.92 Å². The van der Waals surface area contributed by atoms with E-state index in [2.05, 4.69) is 229 Å². The zero-order valence-electron chi connectivity index (χ0n) is 37.0. The Hall–Kier alpha value is -8.08. The van der Waals surface area contributed by atoms with Crippen LogP contribution in [0.3, 0.4) is 0 Å². The molecule has 2 aliphatic rings. The quantitative estimate of drug-likeness (QED) is 0.167. The molecule has 8 aromatic carbocycles. The Morgan fingerprint density at radius 1 is 0.485 bits per heavy atom. The van der Waals surface area contributed by atoms with Gasteiger partial charge in [-0.05, 0) is 112 Å². The van der Waals surface area contributed by atoms with E-state index < -0.39 is 0 Å². The highest BCUT2D eigenvalue weighted by Gasteiger charge is 2.27. The van der Waals surface area contributed by atoms with Crippen LogP contribution in [0.15, 0.2) is 194 Å². The van der Waals surface area contributed by atoms with Gasteiger partial charge >= 0.3 is 0 Å². The molecule has 4 nitrogen and oxygen atoms in total. The second-order valence-electron chi connectivity index (χ2n) is 18.3. The van der Waals surface area contributed by atoms with Crippen LogP contribution in [0.25, 0.3) is 112 Å². The van der Waals surface area contributed by atoms with E-state index in [1.165, 1.54) is 88.6 Å². The van der Waals surface area contributed by atoms with Crippen LogP contribution in [0.4, 0.5) is 0 Å². The van der Waals surface area contributed by atoms with Gasteiger partial charge in [-0.3, -0.25) is 4.57 Å². The molecule has 3 aromatic heterocycles. The van der Waals surface area contributed by atoms with Crippen LogP contribution < -0.4 is 0 Å². The molecule has 13 rings (SSSR count). The fourth-order valence-electron chi connectivity index (χ4n) is 10.9. The lowest BCUT2D eigenvalue weighted by Gasteiger charge is -2.19. The summed E-state index contributed by atoms with van der Waals surface area (Å²) in [6.07, 6.45) is 11.3. The van der Waals surface area contributed by atoms with Crippen molar-refractivity contribution in [3.05, 3.63) is 217 Å². The van der Waals surface area contributed by atoms with Crippen LogP contribution in [-0.4, -0.2) is 19.1 Å². The molecule has 2 aliphatic carbocycles. The van der Waals surface area contributed by atoms with Gasteiger partial charge in [0.2, 0.25) is 5.95 Å². The van der Waals surface area contributed by atoms with Crippen molar-refractivity contribution < 1.29 is 0 Å². The summed E-state index contributed by atoms with van der Waals surface area (Å²) in [7, 11) is 0. The Kier molecular flexibility index (Phi) is 8.89. The van der Waals surface area contributed by atoms with Crippen LogP contribution >= 0.6 is 0 Å². The number of aromatic nitrogens is 4. The van der Waals surface area contributed by atoms with Crippen LogP contribution in [0.5, 0.6) is 0 Å². The smallest absolute Gasteiger partial charge is 0.235 e. The van der Waals surface area contributed by atoms with Crippen LogP contribution in [0, 0.1) is 5.92 Å². The second-order valence-corrected chi connectivity index (χ2v) is 18.3. The zero-order valence-corrected chi connectivity index (χ0v) is 37.0. The SMILES string of the molecule is CC1C=Cc2ccc3c(c2C1)c1cc(-c2ccc4c(c2)c2c(n4-c4nc(-c5ccc(-c6ccc(-c7ccccc7)cc6)cc5)c5ccccc5n4)C(C)CC=C2)ccc1n3-c1ccccc1. The van der Waals surface area contributed by atoms with E-state index in [0.717, 1.165) is 40.5 Å². The van der Waals surface area contributed by atoms with Crippen molar-refractivity contribution in [3.63, 3.8) is 0 Å². The van der Waals surface area contributed by atoms with Gasteiger partial charge in [-0.2, -0.15) is 0 Å². The lowest BCUT2D eigenvalue weighted by Crippen LogP contribution is -2.10. The summed E-state index contributed by atoms with van der Waals surface area (Å²) in [5.41, 5.74) is 20.2. The number of hydrogen-bond donors (Lipinski definition) is 0. The molecule has 0 fully saturated rings. The van der Waals surface area contributed by atoms with Crippen LogP contribution in [0.2, 0.25) is 0 Å². The second kappa shape index (κ2) is 15.3. The van der Waals surface area contributed by atoms with Gasteiger partial charge in [0.1, 0.15) is 0 Å². The molecule has 0 radical (unpaired) electrons. The van der Waals surface area contributed by atoms with Crippen molar-refractivity contribution in [3.8, 4) is 56.3 Å². The lowest BCUT2D eigenvalue weighted by atomic mass is 9.87. The van der Waals surface area contributed by atoms with E-state index in [4.69, 9.17) is 9.97 Å². The number of para-hydroxylation sites is 2. The maximum absolute atomic E-state index is 5.49. The first-order valence-corrected chi connectivity index (χ1v) is 23.3. The van der Waals surface area contributed by atoms with Gasteiger partial charge in [-0.15, -0.1) is 0 Å². The number of rotatable bonds is 6. The molecule has 0 saturated heterocycles. The molecule has 3 heterocycles. The van der Waals surface area contributed by atoms with Crippen LogP contribution in [-0.2, 0) is 6.42 Å². The molecule has 2 atom stereocenters. The Bertz CT molecular complexity index is 3760. The predicted octanol–water partition coefficient (Wildman–Crippen LogP) is 16.1. The average molecular weight is 847 g/mol. The minimum absolute atomic E-state index is 0.287. The predicted molar refractivity (Wildman–Crippen MR) is 276 cm³/mol. The van der Waals surface area contributed by atoms with Gasteiger partial charge in [-0.25, -0.2) is 9.97 Å². The van der Waals surface area contributed by atoms with E-state index >= 15 is 0 Å². The molecule has 0 aliphatic heterocycles. The maximum Gasteiger partial charge on any atom is 0.235 e. The van der Waals surface area contributed by atoms with Gasteiger partial charge < -0.3 is 4.57 Å². The zero-order chi connectivity index (χ0) is 43.9. The molecule has 0 bridgehead atoms. The largest absolute Gasteiger partial charge is 0.309 e. The molecule has 0 saturated carbocycles. The third-order valence-corrected chi connectivity index (χ3v) is 14.1. The fraction of sp³-hybridized carbons (Fsp3) is 0.0968. The highest BCUT2D eigenvalue weighted by atomic mass is 15.2. The molecule has 0 amide bonds. The first-order chi connectivity index (χ1) is 32.5. The summed E-state index contributed by atoms with van der Waals surface area (Å²) in [4.78, 5) is 10.8. The standard InChI is InChI=1S/C62H46N4/c1-39-20-21-45-30-35-58-59(52(45)36-39)54-38-48(32-34-57(54)65(58)49-15-7-4-8-16-49)47-31-33-56-53(37-47)50-18-11-12-40(2)61(50)66(56)62-63-55-19-10-9-17-51(55)60(64-62)46-28-26-44(27-29-46)43-24-22-42(23-25-43)41-13-5-3-6-14-41/h3-11,13-35,37-40H,12,36H2,1-2H3. The van der Waals surface area contributed by atoms with Crippen molar-refractivity contribution in [2.45, 2.75) is 32.6 Å². The first kappa shape index (κ1) is 38.4. The normalized spacial score (nSPS) is 15.5. The summed E-state index contributed by atoms with van der Waals surface area (Å²) < 4.78 is 4.79. The molecular weight excluding hydrogens is 801 g/mol. The summed E-state index contributed by atoms with van der Waals surface area (Å²) in [6.45, 7) is 4.66. The van der Waals surface area contributed by atoms with Crippen molar-refractivity contribution in [1.82, 2.24) is 19.1 Å². The number of nitrogens with zero attached hydrogens (tertiary/aromatic N) is 4. The lowest BCUT2D eigenvalue weighted by molar-refractivity contribution is 0.713. The number of allylic oxidation sites excluding steroid dienone is 2. The molecular formula is C62H46N4. The molecule has 2 unspecified atom stereocenters. The Morgan fingerprint density at radius 3 is 1.80 bits per heavy atom. The number of fused-ring (bicyclic) bond motifs is 9. The van der Waals surface area contributed by atoms with Gasteiger partial charge in [0.25, 0.3) is 0 Å². The van der Waals surface area contributed by atoms with Crippen LogP contribution in [0.1, 0.15) is 48.6 Å². The van der Waals surface area contributed by atoms with Crippen molar-refractivity contribution in [1.29, 1.82) is 0 Å². The third-order valence-electron chi connectivity index (χ3n) is 14.1. The van der Waals surface area contributed by atoms with Gasteiger partial charge in [0.05, 0.1) is 27.8 Å². The average Bonchev–Trinajstić information content (AvgIpc) is 3.90. The number of benzene rings is 8. The highest BCUT2D eigenvalue weighted by molar-refractivity contribution is 6.13. The molecule has 4 heteroatoms. The third kappa shape index (κ3) is 6.20.